The van der Waals surface area contributed by atoms with Crippen LogP contribution >= 0.6 is 0 Å². The molecule has 0 N–H and O–H groups in total. The third kappa shape index (κ3) is 2.18. The Labute approximate surface area is 140 Å². The van der Waals surface area contributed by atoms with E-state index in [9.17, 15) is 5.26 Å². The van der Waals surface area contributed by atoms with Gasteiger partial charge in [-0.05, 0) is 50.0 Å². The van der Waals surface area contributed by atoms with Gasteiger partial charge < -0.3 is 0 Å². The minimum Gasteiger partial charge on any atom is -0.198 e. The van der Waals surface area contributed by atoms with Gasteiger partial charge in [0.05, 0.1) is 24.5 Å². The molecule has 0 amide bonds. The molecule has 1 atom stereocenters. The van der Waals surface area contributed by atoms with E-state index in [0.717, 1.165) is 27.1 Å². The monoisotopic (exact) mass is 306 g/mol. The third-order valence-corrected chi connectivity index (χ3v) is 4.59. The quantitative estimate of drug-likeness (QED) is 0.354. The molecule has 0 aliphatic heterocycles. The van der Waals surface area contributed by atoms with Crippen molar-refractivity contribution in [3.8, 4) is 12.1 Å². The number of nitrogens with zero attached hydrogens (tertiary/aromatic N) is 2. The molecule has 0 saturated heterocycles. The minimum absolute atomic E-state index is 0.208. The zero-order valence-electron chi connectivity index (χ0n) is 13.0. The van der Waals surface area contributed by atoms with Gasteiger partial charge in [0.25, 0.3) is 0 Å². The Morgan fingerprint density at radius 2 is 1.46 bits per heavy atom. The summed E-state index contributed by atoms with van der Waals surface area (Å²) in [5.74, 6) is -0.407. The van der Waals surface area contributed by atoms with Gasteiger partial charge in [-0.3, -0.25) is 0 Å². The van der Waals surface area contributed by atoms with Gasteiger partial charge in [-0.25, -0.2) is 0 Å². The number of rotatable bonds is 2. The molecule has 0 aliphatic rings. The van der Waals surface area contributed by atoms with Gasteiger partial charge in [-0.1, -0.05) is 54.6 Å². The lowest BCUT2D eigenvalue weighted by Crippen LogP contribution is -1.96. The average molecular weight is 306 g/mol. The van der Waals surface area contributed by atoms with E-state index in [1.807, 2.05) is 24.3 Å². The summed E-state index contributed by atoms with van der Waals surface area (Å²) in [4.78, 5) is 0. The molecule has 0 aromatic heterocycles. The summed E-state index contributed by atoms with van der Waals surface area (Å²) in [6.45, 7) is 0. The predicted molar refractivity (Wildman–Crippen MR) is 97.5 cm³/mol. The van der Waals surface area contributed by atoms with Crippen LogP contribution in [0.2, 0.25) is 0 Å². The molecule has 0 bridgehead atoms. The second kappa shape index (κ2) is 5.69. The zero-order valence-corrected chi connectivity index (χ0v) is 13.0. The molecule has 0 fully saturated rings. The largest absolute Gasteiger partial charge is 0.198 e. The van der Waals surface area contributed by atoms with Crippen LogP contribution in [-0.4, -0.2) is 0 Å². The molecule has 4 rings (SSSR count). The molecular formula is C22H14N2. The lowest BCUT2D eigenvalue weighted by Gasteiger charge is -2.13. The highest BCUT2D eigenvalue weighted by Gasteiger charge is 2.15. The van der Waals surface area contributed by atoms with Crippen LogP contribution in [0.15, 0.2) is 66.7 Å². The molecule has 0 saturated carbocycles. The molecule has 4 aromatic carbocycles. The van der Waals surface area contributed by atoms with E-state index in [2.05, 4.69) is 54.6 Å². The summed E-state index contributed by atoms with van der Waals surface area (Å²) in [5.41, 5.74) is 0.942. The maximum atomic E-state index is 9.51. The molecule has 0 spiro atoms. The SMILES string of the molecule is N#CCC(C#N)c1cccc2ccc3cc4ccccc4cc3c12. The predicted octanol–water partition coefficient (Wildman–Crippen LogP) is 5.67. The first-order valence-corrected chi connectivity index (χ1v) is 7.92. The third-order valence-electron chi connectivity index (χ3n) is 4.59. The maximum Gasteiger partial charge on any atom is 0.0848 e. The Morgan fingerprint density at radius 1 is 0.750 bits per heavy atom. The highest BCUT2D eigenvalue weighted by molar-refractivity contribution is 6.13. The standard InChI is InChI=1S/C22H14N2/c23-11-10-19(14-24)20-7-3-6-15-8-9-18-12-16-4-1-2-5-17(16)13-21(18)22(15)20/h1-9,12-13,19H,10H2. The molecular weight excluding hydrogens is 292 g/mol. The van der Waals surface area contributed by atoms with Crippen LogP contribution in [0.3, 0.4) is 0 Å². The van der Waals surface area contributed by atoms with E-state index in [0.29, 0.717) is 0 Å². The molecule has 112 valence electrons. The van der Waals surface area contributed by atoms with Gasteiger partial charge in [0, 0.05) is 0 Å². The zero-order chi connectivity index (χ0) is 16.5. The van der Waals surface area contributed by atoms with E-state index in [4.69, 9.17) is 5.26 Å². The number of benzene rings is 4. The van der Waals surface area contributed by atoms with Gasteiger partial charge >= 0.3 is 0 Å². The van der Waals surface area contributed by atoms with Crippen molar-refractivity contribution in [2.75, 3.05) is 0 Å². The smallest absolute Gasteiger partial charge is 0.0848 e. The molecule has 0 aliphatic carbocycles. The second-order valence-electron chi connectivity index (χ2n) is 5.98. The van der Waals surface area contributed by atoms with E-state index in [1.165, 1.54) is 10.8 Å². The lowest BCUT2D eigenvalue weighted by atomic mass is 9.89. The molecule has 1 unspecified atom stereocenters. The average Bonchev–Trinajstić information content (AvgIpc) is 2.64. The van der Waals surface area contributed by atoms with E-state index in [1.54, 1.807) is 0 Å². The molecule has 2 heteroatoms. The highest BCUT2D eigenvalue weighted by Crippen LogP contribution is 2.35. The van der Waals surface area contributed by atoms with Gasteiger partial charge in [0.1, 0.15) is 0 Å². The fourth-order valence-electron chi connectivity index (χ4n) is 3.44. The van der Waals surface area contributed by atoms with Crippen LogP contribution in [0.5, 0.6) is 0 Å². The van der Waals surface area contributed by atoms with Crippen LogP contribution in [-0.2, 0) is 0 Å². The van der Waals surface area contributed by atoms with Crippen LogP contribution in [0.1, 0.15) is 17.9 Å². The van der Waals surface area contributed by atoms with Gasteiger partial charge in [0.15, 0.2) is 0 Å². The first-order valence-electron chi connectivity index (χ1n) is 7.92. The Bertz CT molecular complexity index is 1160. The van der Waals surface area contributed by atoms with Crippen molar-refractivity contribution >= 4 is 32.3 Å². The summed E-state index contributed by atoms with van der Waals surface area (Å²) >= 11 is 0. The summed E-state index contributed by atoms with van der Waals surface area (Å²) in [6.07, 6.45) is 0.208. The first-order chi connectivity index (χ1) is 11.8. The fraction of sp³-hybridized carbons (Fsp3) is 0.0909. The summed E-state index contributed by atoms with van der Waals surface area (Å²) in [7, 11) is 0. The lowest BCUT2D eigenvalue weighted by molar-refractivity contribution is 0.896. The molecule has 0 heterocycles. The van der Waals surface area contributed by atoms with Gasteiger partial charge in [-0.15, -0.1) is 0 Å². The molecule has 0 radical (unpaired) electrons. The molecule has 4 aromatic rings. The number of hydrogen-bond donors (Lipinski definition) is 0. The highest BCUT2D eigenvalue weighted by atomic mass is 14.3. The Kier molecular flexibility index (Phi) is 3.38. The summed E-state index contributed by atoms with van der Waals surface area (Å²) in [5, 5.41) is 25.4. The van der Waals surface area contributed by atoms with E-state index >= 15 is 0 Å². The van der Waals surface area contributed by atoms with Crippen LogP contribution in [0, 0.1) is 22.7 Å². The summed E-state index contributed by atoms with van der Waals surface area (Å²) in [6, 6.07) is 27.3. The topological polar surface area (TPSA) is 47.6 Å². The Balaban J connectivity index is 2.14. The van der Waals surface area contributed by atoms with Crippen molar-refractivity contribution < 1.29 is 0 Å². The van der Waals surface area contributed by atoms with Gasteiger partial charge in [0.2, 0.25) is 0 Å². The Hall–Kier alpha value is -3.36. The van der Waals surface area contributed by atoms with E-state index in [-0.39, 0.29) is 6.42 Å². The van der Waals surface area contributed by atoms with Crippen molar-refractivity contribution in [1.29, 1.82) is 10.5 Å². The fourth-order valence-corrected chi connectivity index (χ4v) is 3.44. The second-order valence-corrected chi connectivity index (χ2v) is 5.98. The van der Waals surface area contributed by atoms with Crippen molar-refractivity contribution in [3.63, 3.8) is 0 Å². The van der Waals surface area contributed by atoms with Crippen molar-refractivity contribution in [1.82, 2.24) is 0 Å². The minimum atomic E-state index is -0.407. The van der Waals surface area contributed by atoms with Crippen LogP contribution < -0.4 is 0 Å². The Morgan fingerprint density at radius 3 is 2.21 bits per heavy atom. The molecule has 24 heavy (non-hydrogen) atoms. The number of hydrogen-bond acceptors (Lipinski definition) is 2. The number of nitriles is 2. The number of fused-ring (bicyclic) bond motifs is 4. The van der Waals surface area contributed by atoms with Crippen LogP contribution in [0.4, 0.5) is 0 Å². The maximum absolute atomic E-state index is 9.51. The molecule has 2 nitrogen and oxygen atoms in total. The normalized spacial score (nSPS) is 12.1. The van der Waals surface area contributed by atoms with Crippen molar-refractivity contribution in [3.05, 3.63) is 72.3 Å². The van der Waals surface area contributed by atoms with Crippen LogP contribution in [0.25, 0.3) is 32.3 Å². The van der Waals surface area contributed by atoms with Crippen molar-refractivity contribution in [2.45, 2.75) is 12.3 Å². The summed E-state index contributed by atoms with van der Waals surface area (Å²) < 4.78 is 0. The first kappa shape index (κ1) is 14.2. The van der Waals surface area contributed by atoms with Gasteiger partial charge in [-0.2, -0.15) is 10.5 Å². The van der Waals surface area contributed by atoms with Crippen molar-refractivity contribution in [2.24, 2.45) is 0 Å². The van der Waals surface area contributed by atoms with E-state index < -0.39 is 5.92 Å².